The van der Waals surface area contributed by atoms with Gasteiger partial charge in [-0.1, -0.05) is 69.4 Å². The molecule has 1 aliphatic carbocycles. The van der Waals surface area contributed by atoms with Crippen molar-refractivity contribution in [2.45, 2.75) is 79.2 Å². The zero-order valence-corrected chi connectivity index (χ0v) is 20.1. The molecule has 1 saturated carbocycles. The van der Waals surface area contributed by atoms with Crippen LogP contribution in [0, 0.1) is 13.8 Å². The number of nitrogens with zero attached hydrogens (tertiary/aromatic N) is 2. The van der Waals surface area contributed by atoms with Crippen LogP contribution in [-0.2, 0) is 0 Å². The van der Waals surface area contributed by atoms with Gasteiger partial charge in [0.1, 0.15) is 5.01 Å². The predicted molar refractivity (Wildman–Crippen MR) is 133 cm³/mol. The molecule has 0 aliphatic heterocycles. The summed E-state index contributed by atoms with van der Waals surface area (Å²) >= 11 is 1.71. The first-order valence-electron chi connectivity index (χ1n) is 11.3. The van der Waals surface area contributed by atoms with Crippen molar-refractivity contribution in [2.24, 2.45) is 0 Å². The van der Waals surface area contributed by atoms with Crippen LogP contribution in [0.4, 0.5) is 0 Å². The monoisotopic (exact) mass is 420 g/mol. The fourth-order valence-corrected chi connectivity index (χ4v) is 5.21. The Morgan fingerprint density at radius 1 is 1.03 bits per heavy atom. The van der Waals surface area contributed by atoms with Crippen LogP contribution in [0.25, 0.3) is 27.5 Å². The van der Waals surface area contributed by atoms with Gasteiger partial charge in [0.25, 0.3) is 0 Å². The first kappa shape index (κ1) is 22.6. The minimum absolute atomic E-state index is 0.386. The largest absolute Gasteiger partial charge is 0.340 e. The van der Waals surface area contributed by atoms with Gasteiger partial charge in [-0.05, 0) is 57.4 Å². The number of benzene rings is 1. The molecular weight excluding hydrogens is 384 g/mol. The quantitative estimate of drug-likeness (QED) is 0.412. The van der Waals surface area contributed by atoms with E-state index in [4.69, 9.17) is 4.98 Å². The van der Waals surface area contributed by atoms with Crippen LogP contribution in [0.2, 0.25) is 0 Å². The van der Waals surface area contributed by atoms with Gasteiger partial charge in [-0.25, -0.2) is 4.98 Å². The zero-order valence-electron chi connectivity index (χ0n) is 19.3. The number of rotatable bonds is 4. The molecule has 30 heavy (non-hydrogen) atoms. The lowest BCUT2D eigenvalue weighted by molar-refractivity contribution is 0.504. The van der Waals surface area contributed by atoms with Gasteiger partial charge in [-0.15, -0.1) is 11.3 Å². The molecular formula is C27H36N2S. The topological polar surface area (TPSA) is 17.8 Å². The summed E-state index contributed by atoms with van der Waals surface area (Å²) in [6.07, 6.45) is 9.00. The third kappa shape index (κ3) is 5.13. The summed E-state index contributed by atoms with van der Waals surface area (Å²) < 4.78 is 2.36. The molecule has 0 unspecified atom stereocenters. The van der Waals surface area contributed by atoms with E-state index in [9.17, 15) is 0 Å². The van der Waals surface area contributed by atoms with Crippen LogP contribution < -0.4 is 0 Å². The van der Waals surface area contributed by atoms with Crippen molar-refractivity contribution in [2.75, 3.05) is 0 Å². The Labute approximate surface area is 186 Å². The van der Waals surface area contributed by atoms with E-state index in [1.54, 1.807) is 11.3 Å². The van der Waals surface area contributed by atoms with E-state index in [1.807, 2.05) is 0 Å². The van der Waals surface area contributed by atoms with E-state index in [0.29, 0.717) is 6.04 Å². The number of thiazole rings is 1. The molecule has 160 valence electrons. The predicted octanol–water partition coefficient (Wildman–Crippen LogP) is 8.85. The number of hydrogen-bond acceptors (Lipinski definition) is 2. The summed E-state index contributed by atoms with van der Waals surface area (Å²) in [5.74, 6) is 0. The zero-order chi connectivity index (χ0) is 21.7. The van der Waals surface area contributed by atoms with Gasteiger partial charge in [0.15, 0.2) is 0 Å². The van der Waals surface area contributed by atoms with Crippen molar-refractivity contribution in [1.29, 1.82) is 0 Å². The Balaban J connectivity index is 0.000000367. The minimum atomic E-state index is 0.386. The molecule has 1 aromatic carbocycles. The van der Waals surface area contributed by atoms with Crippen molar-refractivity contribution in [1.82, 2.24) is 9.55 Å². The second kappa shape index (κ2) is 10.3. The van der Waals surface area contributed by atoms with Gasteiger partial charge in [-0.3, -0.25) is 0 Å². The smallest absolute Gasteiger partial charge is 0.124 e. The van der Waals surface area contributed by atoms with Gasteiger partial charge >= 0.3 is 0 Å². The van der Waals surface area contributed by atoms with Gasteiger partial charge in [0.05, 0.1) is 11.4 Å². The highest BCUT2D eigenvalue weighted by atomic mass is 32.1. The van der Waals surface area contributed by atoms with Crippen molar-refractivity contribution in [3.05, 3.63) is 59.1 Å². The highest BCUT2D eigenvalue weighted by molar-refractivity contribution is 7.13. The molecule has 0 saturated heterocycles. The molecule has 1 fully saturated rings. The van der Waals surface area contributed by atoms with E-state index in [-0.39, 0.29) is 0 Å². The lowest BCUT2D eigenvalue weighted by Crippen LogP contribution is -2.05. The Hall–Kier alpha value is -2.13. The van der Waals surface area contributed by atoms with Gasteiger partial charge in [0, 0.05) is 22.7 Å². The summed E-state index contributed by atoms with van der Waals surface area (Å²) in [6.45, 7) is 14.9. The van der Waals surface area contributed by atoms with E-state index in [0.717, 1.165) is 16.3 Å². The first-order chi connectivity index (χ1) is 14.4. The van der Waals surface area contributed by atoms with E-state index >= 15 is 0 Å². The SMILES string of the molecule is C1CCCCC1.C=C(C)c1cc(-c2csc(-c3ccccc3C)n2)n(C(C)C)c1C. The van der Waals surface area contributed by atoms with Crippen LogP contribution in [0.1, 0.15) is 82.2 Å². The van der Waals surface area contributed by atoms with E-state index in [2.05, 4.69) is 81.5 Å². The Morgan fingerprint density at radius 3 is 2.17 bits per heavy atom. The molecule has 0 bridgehead atoms. The molecule has 3 heteroatoms. The van der Waals surface area contributed by atoms with Crippen LogP contribution in [0.3, 0.4) is 0 Å². The maximum absolute atomic E-state index is 4.94. The van der Waals surface area contributed by atoms with Crippen molar-refractivity contribution in [3.63, 3.8) is 0 Å². The normalized spacial score (nSPS) is 13.8. The van der Waals surface area contributed by atoms with Crippen LogP contribution in [-0.4, -0.2) is 9.55 Å². The fraction of sp³-hybridized carbons (Fsp3) is 0.444. The number of aromatic nitrogens is 2. The highest BCUT2D eigenvalue weighted by Gasteiger charge is 2.18. The second-order valence-electron chi connectivity index (χ2n) is 8.75. The average Bonchev–Trinajstić information content (AvgIpc) is 3.35. The third-order valence-electron chi connectivity index (χ3n) is 5.91. The molecule has 0 N–H and O–H groups in total. The molecule has 0 amide bonds. The standard InChI is InChI=1S/C21H24N2S.C6H12/c1-13(2)18-11-20(23(14(3)4)16(18)6)19-12-24-21(22-19)17-10-8-7-9-15(17)5;1-2-4-6-5-3-1/h7-12,14H,1H2,2-6H3;1-6H2. The summed E-state index contributed by atoms with van der Waals surface area (Å²) in [6, 6.07) is 11.0. The second-order valence-corrected chi connectivity index (χ2v) is 9.60. The van der Waals surface area contributed by atoms with E-state index < -0.39 is 0 Å². The van der Waals surface area contributed by atoms with Gasteiger partial charge in [0.2, 0.25) is 0 Å². The molecule has 2 nitrogen and oxygen atoms in total. The number of hydrogen-bond donors (Lipinski definition) is 0. The molecule has 0 radical (unpaired) electrons. The Bertz CT molecular complexity index is 975. The van der Waals surface area contributed by atoms with Crippen LogP contribution in [0.5, 0.6) is 0 Å². The van der Waals surface area contributed by atoms with Crippen molar-refractivity contribution < 1.29 is 0 Å². The average molecular weight is 421 g/mol. The van der Waals surface area contributed by atoms with Gasteiger partial charge < -0.3 is 4.57 Å². The van der Waals surface area contributed by atoms with Crippen LogP contribution >= 0.6 is 11.3 Å². The summed E-state index contributed by atoms with van der Waals surface area (Å²) in [5.41, 5.74) is 8.29. The number of allylic oxidation sites excluding steroid dienone is 1. The first-order valence-corrected chi connectivity index (χ1v) is 12.2. The highest BCUT2D eigenvalue weighted by Crippen LogP contribution is 2.35. The fourth-order valence-electron chi connectivity index (χ4n) is 4.30. The summed E-state index contributed by atoms with van der Waals surface area (Å²) in [5, 5.41) is 3.24. The molecule has 0 atom stereocenters. The van der Waals surface area contributed by atoms with Gasteiger partial charge in [-0.2, -0.15) is 0 Å². The maximum atomic E-state index is 4.94. The molecule has 2 aromatic heterocycles. The Kier molecular flexibility index (Phi) is 7.71. The molecule has 3 aromatic rings. The minimum Gasteiger partial charge on any atom is -0.340 e. The van der Waals surface area contributed by atoms with Crippen molar-refractivity contribution >= 4 is 16.9 Å². The van der Waals surface area contributed by atoms with Crippen LogP contribution in [0.15, 0.2) is 42.3 Å². The third-order valence-corrected chi connectivity index (χ3v) is 6.79. The molecule has 4 rings (SSSR count). The lowest BCUT2D eigenvalue weighted by Gasteiger charge is -2.15. The molecule has 2 heterocycles. The lowest BCUT2D eigenvalue weighted by atomic mass is 10.0. The summed E-state index contributed by atoms with van der Waals surface area (Å²) in [4.78, 5) is 4.94. The van der Waals surface area contributed by atoms with Crippen molar-refractivity contribution in [3.8, 4) is 22.0 Å². The number of aryl methyl sites for hydroxylation is 1. The molecule has 0 spiro atoms. The Morgan fingerprint density at radius 2 is 1.63 bits per heavy atom. The summed E-state index contributed by atoms with van der Waals surface area (Å²) in [7, 11) is 0. The molecule has 1 aliphatic rings. The maximum Gasteiger partial charge on any atom is 0.124 e. The van der Waals surface area contributed by atoms with E-state index in [1.165, 1.54) is 66.6 Å².